The summed E-state index contributed by atoms with van der Waals surface area (Å²) >= 11 is 0. The van der Waals surface area contributed by atoms with Crippen molar-refractivity contribution in [2.24, 2.45) is 0 Å². The molecule has 0 fully saturated rings. The molecule has 11 aromatic rings. The molecular formula is C55H31N7. The Kier molecular flexibility index (Phi) is 8.50. The highest BCUT2D eigenvalue weighted by Gasteiger charge is 2.19. The van der Waals surface area contributed by atoms with Crippen LogP contribution in [0.3, 0.4) is 0 Å². The molecule has 0 atom stereocenters. The van der Waals surface area contributed by atoms with Gasteiger partial charge < -0.3 is 9.13 Å². The molecule has 0 aliphatic carbocycles. The number of rotatable bonds is 6. The fraction of sp³-hybridized carbons (Fsp3) is 0. The molecule has 286 valence electrons. The zero-order valence-corrected chi connectivity index (χ0v) is 33.0. The minimum Gasteiger partial charge on any atom is -0.309 e. The second kappa shape index (κ2) is 14.6. The van der Waals surface area contributed by atoms with E-state index in [1.165, 1.54) is 32.6 Å². The maximum Gasteiger partial charge on any atom is 0.198 e. The standard InChI is InChI=1S/C55H31N7/c1-56-46-19-9-4-17-43(46)50-34-48(59-55(60-50)44-18-5-10-20-47(44)57-2)36-26-30-39(49(32-36)58-3)35-24-27-37(28-25-35)61-53-23-13-8-16-42(53)45-33-38(29-31-54(45)61)62-51-21-11-6-14-40(51)41-15-7-12-22-52(41)62/h4-34H. The van der Waals surface area contributed by atoms with Gasteiger partial charge in [0, 0.05) is 44.0 Å². The lowest BCUT2D eigenvalue weighted by Gasteiger charge is -2.13. The Morgan fingerprint density at radius 3 is 1.47 bits per heavy atom. The lowest BCUT2D eigenvalue weighted by atomic mass is 9.99. The Labute approximate surface area is 357 Å². The Morgan fingerprint density at radius 1 is 0.339 bits per heavy atom. The molecule has 0 bridgehead atoms. The van der Waals surface area contributed by atoms with Crippen LogP contribution >= 0.6 is 0 Å². The highest BCUT2D eigenvalue weighted by atomic mass is 15.0. The lowest BCUT2D eigenvalue weighted by molar-refractivity contribution is 1.17. The molecule has 0 saturated carbocycles. The topological polar surface area (TPSA) is 48.7 Å². The van der Waals surface area contributed by atoms with E-state index >= 15 is 0 Å². The summed E-state index contributed by atoms with van der Waals surface area (Å²) in [5, 5.41) is 4.81. The van der Waals surface area contributed by atoms with Crippen LogP contribution in [0.15, 0.2) is 188 Å². The molecule has 11 rings (SSSR count). The van der Waals surface area contributed by atoms with Gasteiger partial charge in [0.15, 0.2) is 17.1 Å². The first kappa shape index (κ1) is 36.0. The summed E-state index contributed by atoms with van der Waals surface area (Å²) in [6.45, 7) is 23.9. The third-order valence-electron chi connectivity index (χ3n) is 11.6. The molecule has 0 spiro atoms. The Balaban J connectivity index is 0.989. The molecule has 0 N–H and O–H groups in total. The first-order chi connectivity index (χ1) is 30.6. The summed E-state index contributed by atoms with van der Waals surface area (Å²) < 4.78 is 4.67. The minimum atomic E-state index is 0.376. The summed E-state index contributed by atoms with van der Waals surface area (Å²) in [6.07, 6.45) is 0. The molecule has 3 aromatic heterocycles. The molecule has 62 heavy (non-hydrogen) atoms. The zero-order valence-electron chi connectivity index (χ0n) is 33.0. The fourth-order valence-corrected chi connectivity index (χ4v) is 8.80. The van der Waals surface area contributed by atoms with Gasteiger partial charge in [0.2, 0.25) is 0 Å². The van der Waals surface area contributed by atoms with E-state index in [4.69, 9.17) is 29.7 Å². The van der Waals surface area contributed by atoms with E-state index in [2.05, 4.69) is 139 Å². The van der Waals surface area contributed by atoms with Gasteiger partial charge in [-0.1, -0.05) is 127 Å². The number of aromatic nitrogens is 4. The summed E-state index contributed by atoms with van der Waals surface area (Å²) in [5.41, 5.74) is 12.9. The number of hydrogen-bond donors (Lipinski definition) is 0. The maximum absolute atomic E-state index is 8.27. The summed E-state index contributed by atoms with van der Waals surface area (Å²) in [4.78, 5) is 21.3. The van der Waals surface area contributed by atoms with Crippen LogP contribution in [0.2, 0.25) is 0 Å². The Bertz CT molecular complexity index is 3610. The first-order valence-corrected chi connectivity index (χ1v) is 20.1. The molecule has 0 amide bonds. The normalized spacial score (nSPS) is 11.2. The van der Waals surface area contributed by atoms with Crippen molar-refractivity contribution in [3.63, 3.8) is 0 Å². The Morgan fingerprint density at radius 2 is 0.823 bits per heavy atom. The van der Waals surface area contributed by atoms with Gasteiger partial charge in [-0.2, -0.15) is 0 Å². The van der Waals surface area contributed by atoms with Crippen LogP contribution in [0.5, 0.6) is 0 Å². The number of hydrogen-bond acceptors (Lipinski definition) is 2. The number of nitrogens with zero attached hydrogens (tertiary/aromatic N) is 7. The smallest absolute Gasteiger partial charge is 0.198 e. The summed E-state index contributed by atoms with van der Waals surface area (Å²) in [6, 6.07) is 63.1. The lowest BCUT2D eigenvalue weighted by Crippen LogP contribution is -1.96. The average Bonchev–Trinajstić information content (AvgIpc) is 3.86. The molecule has 0 unspecified atom stereocenters. The zero-order chi connectivity index (χ0) is 41.7. The van der Waals surface area contributed by atoms with Gasteiger partial charge in [-0.05, 0) is 77.4 Å². The van der Waals surface area contributed by atoms with Gasteiger partial charge >= 0.3 is 0 Å². The van der Waals surface area contributed by atoms with Crippen molar-refractivity contribution in [3.05, 3.63) is 222 Å². The summed E-state index contributed by atoms with van der Waals surface area (Å²) in [5.74, 6) is 0.376. The monoisotopic (exact) mass is 789 g/mol. The van der Waals surface area contributed by atoms with Gasteiger partial charge in [0.05, 0.1) is 53.2 Å². The van der Waals surface area contributed by atoms with Crippen LogP contribution in [0.25, 0.3) is 115 Å². The van der Waals surface area contributed by atoms with Crippen LogP contribution in [0.4, 0.5) is 17.1 Å². The molecule has 0 aliphatic heterocycles. The Hall–Kier alpha value is -9.09. The number of benzene rings is 8. The van der Waals surface area contributed by atoms with Crippen molar-refractivity contribution >= 4 is 60.7 Å². The molecule has 7 nitrogen and oxygen atoms in total. The SMILES string of the molecule is [C-]#[N+]c1cc(-c2cc(-c3ccccc3[N+]#[C-])nc(-c3ccccc3[N+]#[C-])n2)ccc1-c1ccc(-n2c3ccccc3c3cc(-n4c5ccccc5c5ccccc54)ccc32)cc1. The predicted octanol–water partition coefficient (Wildman–Crippen LogP) is 15.0. The van der Waals surface area contributed by atoms with Crippen molar-refractivity contribution in [3.8, 4) is 56.4 Å². The van der Waals surface area contributed by atoms with Crippen molar-refractivity contribution in [2.75, 3.05) is 0 Å². The largest absolute Gasteiger partial charge is 0.309 e. The third-order valence-corrected chi connectivity index (χ3v) is 11.6. The molecule has 7 heteroatoms. The third kappa shape index (κ3) is 5.80. The number of para-hydroxylation sites is 5. The molecule has 0 radical (unpaired) electrons. The van der Waals surface area contributed by atoms with E-state index in [9.17, 15) is 0 Å². The van der Waals surface area contributed by atoms with Gasteiger partial charge in [-0.25, -0.2) is 24.5 Å². The highest BCUT2D eigenvalue weighted by molar-refractivity contribution is 6.12. The first-order valence-electron chi connectivity index (χ1n) is 20.1. The van der Waals surface area contributed by atoms with E-state index < -0.39 is 0 Å². The van der Waals surface area contributed by atoms with E-state index in [0.29, 0.717) is 45.4 Å². The average molecular weight is 790 g/mol. The molecule has 8 aromatic carbocycles. The maximum atomic E-state index is 8.27. The van der Waals surface area contributed by atoms with E-state index in [0.717, 1.165) is 39.1 Å². The molecular weight excluding hydrogens is 759 g/mol. The predicted molar refractivity (Wildman–Crippen MR) is 251 cm³/mol. The second-order valence-corrected chi connectivity index (χ2v) is 15.0. The van der Waals surface area contributed by atoms with Crippen LogP contribution in [-0.2, 0) is 0 Å². The minimum absolute atomic E-state index is 0.376. The van der Waals surface area contributed by atoms with Gasteiger partial charge in [0.25, 0.3) is 0 Å². The molecule has 0 saturated heterocycles. The van der Waals surface area contributed by atoms with Crippen molar-refractivity contribution < 1.29 is 0 Å². The van der Waals surface area contributed by atoms with Crippen molar-refractivity contribution in [2.45, 2.75) is 0 Å². The van der Waals surface area contributed by atoms with E-state index in [-0.39, 0.29) is 0 Å². The fourth-order valence-electron chi connectivity index (χ4n) is 8.80. The van der Waals surface area contributed by atoms with Crippen LogP contribution in [0.1, 0.15) is 0 Å². The second-order valence-electron chi connectivity index (χ2n) is 15.0. The quantitative estimate of drug-likeness (QED) is 0.158. The van der Waals surface area contributed by atoms with Gasteiger partial charge in [-0.15, -0.1) is 0 Å². The van der Waals surface area contributed by atoms with Crippen molar-refractivity contribution in [1.82, 2.24) is 19.1 Å². The van der Waals surface area contributed by atoms with E-state index in [1.807, 2.05) is 60.7 Å². The van der Waals surface area contributed by atoms with Crippen LogP contribution < -0.4 is 0 Å². The van der Waals surface area contributed by atoms with E-state index in [1.54, 1.807) is 12.1 Å². The van der Waals surface area contributed by atoms with Gasteiger partial charge in [0.1, 0.15) is 5.82 Å². The van der Waals surface area contributed by atoms with Crippen molar-refractivity contribution in [1.29, 1.82) is 0 Å². The summed E-state index contributed by atoms with van der Waals surface area (Å²) in [7, 11) is 0. The van der Waals surface area contributed by atoms with Crippen LogP contribution in [0, 0.1) is 19.7 Å². The highest BCUT2D eigenvalue weighted by Crippen LogP contribution is 2.40. The van der Waals surface area contributed by atoms with Crippen LogP contribution in [-0.4, -0.2) is 19.1 Å². The number of fused-ring (bicyclic) bond motifs is 6. The molecule has 0 aliphatic rings. The van der Waals surface area contributed by atoms with Gasteiger partial charge in [-0.3, -0.25) is 0 Å². The molecule has 3 heterocycles.